The van der Waals surface area contributed by atoms with E-state index in [2.05, 4.69) is 19.1 Å². The molecule has 0 aliphatic heterocycles. The van der Waals surface area contributed by atoms with Gasteiger partial charge in [0.15, 0.2) is 0 Å². The van der Waals surface area contributed by atoms with Gasteiger partial charge in [-0.05, 0) is 18.6 Å². The second kappa shape index (κ2) is 6.35. The molecule has 0 radical (unpaired) electrons. The van der Waals surface area contributed by atoms with Gasteiger partial charge >= 0.3 is 0 Å². The van der Waals surface area contributed by atoms with Crippen molar-refractivity contribution < 1.29 is 0 Å². The maximum Gasteiger partial charge on any atom is 0.0551 e. The number of halogens is 1. The molecule has 0 spiro atoms. The number of benzene rings is 1. The molecule has 0 saturated heterocycles. The maximum absolute atomic E-state index is 5.77. The zero-order chi connectivity index (χ0) is 8.10. The molecule has 12 heavy (non-hydrogen) atoms. The summed E-state index contributed by atoms with van der Waals surface area (Å²) in [5.41, 5.74) is 5.77. The van der Waals surface area contributed by atoms with Crippen molar-refractivity contribution in [2.45, 2.75) is 23.6 Å². The summed E-state index contributed by atoms with van der Waals surface area (Å²) in [5, 5.41) is 0.234. The van der Waals surface area contributed by atoms with Crippen LogP contribution in [0.25, 0.3) is 0 Å². The molecule has 3 heteroatoms. The minimum absolute atomic E-state index is 0. The molecule has 0 aliphatic carbocycles. The predicted octanol–water partition coefficient (Wildman–Crippen LogP) is 2.90. The number of hydrogen-bond acceptors (Lipinski definition) is 2. The van der Waals surface area contributed by atoms with Gasteiger partial charge in [0.25, 0.3) is 0 Å². The molecule has 0 saturated carbocycles. The average molecular weight is 204 g/mol. The highest BCUT2D eigenvalue weighted by Gasteiger charge is 1.99. The number of rotatable bonds is 3. The summed E-state index contributed by atoms with van der Waals surface area (Å²) in [4.78, 5) is 1.25. The first-order valence-corrected chi connectivity index (χ1v) is 4.68. The zero-order valence-corrected chi connectivity index (χ0v) is 8.70. The molecule has 0 heterocycles. The maximum atomic E-state index is 5.77. The van der Waals surface area contributed by atoms with Crippen molar-refractivity contribution in [3.63, 3.8) is 0 Å². The van der Waals surface area contributed by atoms with Crippen LogP contribution in [0.1, 0.15) is 13.3 Å². The highest BCUT2D eigenvalue weighted by Crippen LogP contribution is 2.20. The minimum Gasteiger partial charge on any atom is -0.319 e. The Labute approximate surface area is 84.1 Å². The first-order valence-electron chi connectivity index (χ1n) is 3.80. The highest BCUT2D eigenvalue weighted by atomic mass is 35.5. The van der Waals surface area contributed by atoms with Crippen LogP contribution < -0.4 is 5.73 Å². The summed E-state index contributed by atoms with van der Waals surface area (Å²) in [5.74, 6) is 0. The van der Waals surface area contributed by atoms with Crippen LogP contribution in [-0.4, -0.2) is 5.37 Å². The van der Waals surface area contributed by atoms with E-state index in [-0.39, 0.29) is 17.8 Å². The van der Waals surface area contributed by atoms with E-state index in [1.165, 1.54) is 4.90 Å². The van der Waals surface area contributed by atoms with Gasteiger partial charge in [0.1, 0.15) is 0 Å². The Morgan fingerprint density at radius 1 is 1.33 bits per heavy atom. The average Bonchev–Trinajstić information content (AvgIpc) is 2.06. The molecule has 0 amide bonds. The number of hydrogen-bond donors (Lipinski definition) is 1. The van der Waals surface area contributed by atoms with Crippen LogP contribution in [0.3, 0.4) is 0 Å². The van der Waals surface area contributed by atoms with Crippen molar-refractivity contribution in [1.82, 2.24) is 0 Å². The molecular weight excluding hydrogens is 190 g/mol. The lowest BCUT2D eigenvalue weighted by atomic mass is 10.4. The van der Waals surface area contributed by atoms with Gasteiger partial charge < -0.3 is 5.73 Å². The summed E-state index contributed by atoms with van der Waals surface area (Å²) in [6, 6.07) is 10.2. The van der Waals surface area contributed by atoms with Gasteiger partial charge in [-0.25, -0.2) is 0 Å². The third-order valence-corrected chi connectivity index (χ3v) is 2.61. The van der Waals surface area contributed by atoms with Crippen LogP contribution in [-0.2, 0) is 0 Å². The fraction of sp³-hybridized carbons (Fsp3) is 0.333. The van der Waals surface area contributed by atoms with Gasteiger partial charge in [0.05, 0.1) is 5.37 Å². The van der Waals surface area contributed by atoms with Crippen molar-refractivity contribution in [3.05, 3.63) is 30.3 Å². The lowest BCUT2D eigenvalue weighted by Crippen LogP contribution is -2.12. The van der Waals surface area contributed by atoms with Gasteiger partial charge in [-0.15, -0.1) is 24.2 Å². The Hall–Kier alpha value is -0.180. The van der Waals surface area contributed by atoms with Gasteiger partial charge in [-0.1, -0.05) is 25.1 Å². The van der Waals surface area contributed by atoms with Crippen molar-refractivity contribution >= 4 is 24.2 Å². The van der Waals surface area contributed by atoms with Crippen LogP contribution in [0.2, 0.25) is 0 Å². The Morgan fingerprint density at radius 2 is 1.92 bits per heavy atom. The van der Waals surface area contributed by atoms with E-state index in [0.717, 1.165) is 6.42 Å². The van der Waals surface area contributed by atoms with Crippen LogP contribution in [0, 0.1) is 0 Å². The molecule has 1 rings (SSSR count). The third kappa shape index (κ3) is 4.00. The Balaban J connectivity index is 0.00000121. The van der Waals surface area contributed by atoms with Gasteiger partial charge in [0.2, 0.25) is 0 Å². The lowest BCUT2D eigenvalue weighted by Gasteiger charge is -2.06. The minimum atomic E-state index is 0. The van der Waals surface area contributed by atoms with Crippen molar-refractivity contribution in [1.29, 1.82) is 0 Å². The molecule has 0 fully saturated rings. The Kier molecular flexibility index (Phi) is 6.25. The topological polar surface area (TPSA) is 26.0 Å². The molecule has 0 aliphatic rings. The van der Waals surface area contributed by atoms with Crippen molar-refractivity contribution in [2.24, 2.45) is 5.73 Å². The quantitative estimate of drug-likeness (QED) is 0.604. The summed E-state index contributed by atoms with van der Waals surface area (Å²) in [6.45, 7) is 2.10. The third-order valence-electron chi connectivity index (χ3n) is 1.43. The van der Waals surface area contributed by atoms with E-state index in [4.69, 9.17) is 5.73 Å². The summed E-state index contributed by atoms with van der Waals surface area (Å²) < 4.78 is 0. The van der Waals surface area contributed by atoms with Crippen LogP contribution in [0.15, 0.2) is 35.2 Å². The molecule has 1 nitrogen and oxygen atoms in total. The van der Waals surface area contributed by atoms with Crippen LogP contribution in [0.5, 0.6) is 0 Å². The van der Waals surface area contributed by atoms with E-state index in [9.17, 15) is 0 Å². The second-order valence-electron chi connectivity index (χ2n) is 2.38. The second-order valence-corrected chi connectivity index (χ2v) is 3.69. The van der Waals surface area contributed by atoms with Crippen molar-refractivity contribution in [2.75, 3.05) is 0 Å². The zero-order valence-electron chi connectivity index (χ0n) is 7.07. The monoisotopic (exact) mass is 203 g/mol. The number of nitrogens with two attached hydrogens (primary N) is 1. The molecule has 68 valence electrons. The molecule has 0 aromatic heterocycles. The van der Waals surface area contributed by atoms with Gasteiger partial charge in [-0.2, -0.15) is 0 Å². The summed E-state index contributed by atoms with van der Waals surface area (Å²) >= 11 is 1.72. The molecular formula is C9H14ClNS. The molecule has 2 N–H and O–H groups in total. The first-order chi connectivity index (χ1) is 5.33. The lowest BCUT2D eigenvalue weighted by molar-refractivity contribution is 0.868. The Bertz CT molecular complexity index is 203. The van der Waals surface area contributed by atoms with E-state index in [0.29, 0.717) is 0 Å². The van der Waals surface area contributed by atoms with E-state index < -0.39 is 0 Å². The standard InChI is InChI=1S/C9H13NS.ClH/c1-2-9(10)11-8-6-4-3-5-7-8;/h3-7,9H,2,10H2,1H3;1H/t9-;/m1./s1. The SMILES string of the molecule is CC[C@H](N)Sc1ccccc1.Cl. The summed E-state index contributed by atoms with van der Waals surface area (Å²) in [6.07, 6.45) is 1.01. The fourth-order valence-electron chi connectivity index (χ4n) is 0.757. The largest absolute Gasteiger partial charge is 0.319 e. The molecule has 1 aromatic carbocycles. The predicted molar refractivity (Wildman–Crippen MR) is 57.8 cm³/mol. The van der Waals surface area contributed by atoms with Crippen molar-refractivity contribution in [3.8, 4) is 0 Å². The Morgan fingerprint density at radius 3 is 2.42 bits per heavy atom. The normalized spacial score (nSPS) is 11.8. The smallest absolute Gasteiger partial charge is 0.0551 e. The highest BCUT2D eigenvalue weighted by molar-refractivity contribution is 7.99. The molecule has 0 unspecified atom stereocenters. The molecule has 0 bridgehead atoms. The molecule has 1 aromatic rings. The van der Waals surface area contributed by atoms with E-state index >= 15 is 0 Å². The van der Waals surface area contributed by atoms with Crippen LogP contribution >= 0.6 is 24.2 Å². The van der Waals surface area contributed by atoms with E-state index in [1.54, 1.807) is 11.8 Å². The van der Waals surface area contributed by atoms with Gasteiger partial charge in [0, 0.05) is 4.90 Å². The van der Waals surface area contributed by atoms with Gasteiger partial charge in [-0.3, -0.25) is 0 Å². The summed E-state index contributed by atoms with van der Waals surface area (Å²) in [7, 11) is 0. The first kappa shape index (κ1) is 11.8. The van der Waals surface area contributed by atoms with E-state index in [1.807, 2.05) is 18.2 Å². The fourth-order valence-corrected chi connectivity index (χ4v) is 1.59. The van der Waals surface area contributed by atoms with Crippen LogP contribution in [0.4, 0.5) is 0 Å². The molecule has 1 atom stereocenters. The number of thioether (sulfide) groups is 1.